The summed E-state index contributed by atoms with van der Waals surface area (Å²) < 4.78 is 6.22. The fourth-order valence-corrected chi connectivity index (χ4v) is 2.61. The third-order valence-electron chi connectivity index (χ3n) is 3.65. The minimum absolute atomic E-state index is 0.0334. The molecule has 2 aromatic rings. The summed E-state index contributed by atoms with van der Waals surface area (Å²) in [6, 6.07) is 8.66. The van der Waals surface area contributed by atoms with Crippen molar-refractivity contribution < 1.29 is 9.53 Å². The molecule has 1 aromatic carbocycles. The Balaban J connectivity index is 2.28. The van der Waals surface area contributed by atoms with Crippen molar-refractivity contribution in [3.63, 3.8) is 0 Å². The quantitative estimate of drug-likeness (QED) is 0.739. The SMILES string of the molecule is CCOc1nc(N)nc(N(C)[C@@H](C)C(=O)Nc2cccc(Br)c2)c1C#N. The largest absolute Gasteiger partial charge is 0.477 e. The van der Waals surface area contributed by atoms with Crippen LogP contribution in [0.15, 0.2) is 28.7 Å². The molecule has 0 aliphatic carbocycles. The summed E-state index contributed by atoms with van der Waals surface area (Å²) >= 11 is 3.36. The number of carbonyl (C=O) groups is 1. The number of nitrogens with zero attached hydrogens (tertiary/aromatic N) is 4. The molecule has 0 aliphatic heterocycles. The molecule has 9 heteroatoms. The van der Waals surface area contributed by atoms with Gasteiger partial charge < -0.3 is 20.7 Å². The van der Waals surface area contributed by atoms with Crippen LogP contribution >= 0.6 is 15.9 Å². The molecule has 1 atom stereocenters. The lowest BCUT2D eigenvalue weighted by Crippen LogP contribution is -2.40. The van der Waals surface area contributed by atoms with Crippen molar-refractivity contribution in [3.8, 4) is 11.9 Å². The number of halogens is 1. The first-order chi connectivity index (χ1) is 12.4. The molecule has 3 N–H and O–H groups in total. The van der Waals surface area contributed by atoms with E-state index in [2.05, 4.69) is 31.2 Å². The molecule has 1 aromatic heterocycles. The smallest absolute Gasteiger partial charge is 0.246 e. The number of ether oxygens (including phenoxy) is 1. The predicted octanol–water partition coefficient (Wildman–Crippen LogP) is 2.56. The second-order valence-corrected chi connectivity index (χ2v) is 6.33. The van der Waals surface area contributed by atoms with Crippen LogP contribution in [0.3, 0.4) is 0 Å². The molecular weight excluding hydrogens is 400 g/mol. The maximum atomic E-state index is 12.6. The van der Waals surface area contributed by atoms with Crippen molar-refractivity contribution in [2.45, 2.75) is 19.9 Å². The highest BCUT2D eigenvalue weighted by Crippen LogP contribution is 2.27. The Hall–Kier alpha value is -2.86. The van der Waals surface area contributed by atoms with E-state index in [-0.39, 0.29) is 29.1 Å². The minimum atomic E-state index is -0.621. The Kier molecular flexibility index (Phi) is 6.36. The predicted molar refractivity (Wildman–Crippen MR) is 103 cm³/mol. The molecule has 1 amide bonds. The van der Waals surface area contributed by atoms with Crippen molar-refractivity contribution in [2.75, 3.05) is 29.6 Å². The van der Waals surface area contributed by atoms with Gasteiger partial charge in [-0.2, -0.15) is 15.2 Å². The van der Waals surface area contributed by atoms with Crippen LogP contribution < -0.4 is 20.7 Å². The Labute approximate surface area is 160 Å². The number of rotatable bonds is 6. The number of nitrogens with two attached hydrogens (primary N) is 1. The molecule has 0 spiro atoms. The first-order valence-electron chi connectivity index (χ1n) is 7.87. The van der Waals surface area contributed by atoms with Gasteiger partial charge in [0.2, 0.25) is 17.7 Å². The van der Waals surface area contributed by atoms with E-state index in [0.29, 0.717) is 12.3 Å². The van der Waals surface area contributed by atoms with Crippen LogP contribution in [0, 0.1) is 11.3 Å². The molecule has 0 saturated heterocycles. The Morgan fingerprint density at radius 1 is 1.50 bits per heavy atom. The Morgan fingerprint density at radius 2 is 2.23 bits per heavy atom. The van der Waals surface area contributed by atoms with Gasteiger partial charge in [-0.05, 0) is 32.0 Å². The van der Waals surface area contributed by atoms with E-state index in [1.54, 1.807) is 37.9 Å². The second kappa shape index (κ2) is 8.49. The molecule has 26 heavy (non-hydrogen) atoms. The molecule has 0 fully saturated rings. The van der Waals surface area contributed by atoms with E-state index in [9.17, 15) is 10.1 Å². The summed E-state index contributed by atoms with van der Waals surface area (Å²) in [5.41, 5.74) is 6.51. The summed E-state index contributed by atoms with van der Waals surface area (Å²) in [5, 5.41) is 12.3. The maximum Gasteiger partial charge on any atom is 0.246 e. The van der Waals surface area contributed by atoms with Crippen molar-refractivity contribution >= 4 is 39.3 Å². The molecule has 0 unspecified atom stereocenters. The van der Waals surface area contributed by atoms with Gasteiger partial charge in [0.15, 0.2) is 11.4 Å². The van der Waals surface area contributed by atoms with E-state index in [0.717, 1.165) is 4.47 Å². The van der Waals surface area contributed by atoms with Gasteiger partial charge in [0.25, 0.3) is 0 Å². The first kappa shape index (κ1) is 19.5. The molecule has 0 bridgehead atoms. The molecule has 0 radical (unpaired) electrons. The average Bonchev–Trinajstić information content (AvgIpc) is 2.60. The summed E-state index contributed by atoms with van der Waals surface area (Å²) in [6.45, 7) is 3.80. The van der Waals surface area contributed by atoms with Crippen LogP contribution in [0.25, 0.3) is 0 Å². The van der Waals surface area contributed by atoms with E-state index in [1.807, 2.05) is 18.2 Å². The molecule has 136 valence electrons. The number of anilines is 3. The third-order valence-corrected chi connectivity index (χ3v) is 4.15. The van der Waals surface area contributed by atoms with E-state index < -0.39 is 6.04 Å². The van der Waals surface area contributed by atoms with Gasteiger partial charge in [-0.3, -0.25) is 4.79 Å². The van der Waals surface area contributed by atoms with Crippen molar-refractivity contribution in [1.82, 2.24) is 9.97 Å². The van der Waals surface area contributed by atoms with Crippen LogP contribution in [-0.2, 0) is 4.79 Å². The molecular formula is C17H19BrN6O2. The topological polar surface area (TPSA) is 117 Å². The normalized spacial score (nSPS) is 11.3. The standard InChI is InChI=1S/C17H19BrN6O2/c1-4-26-16-13(9-19)14(22-17(20)23-16)24(3)10(2)15(25)21-12-7-5-6-11(18)8-12/h5-8,10H,4H2,1-3H3,(H,21,25)(H2,20,22,23)/t10-/m0/s1. The first-order valence-corrected chi connectivity index (χ1v) is 8.66. The zero-order valence-corrected chi connectivity index (χ0v) is 16.2. The number of carbonyl (C=O) groups excluding carboxylic acids is 1. The van der Waals surface area contributed by atoms with E-state index in [1.165, 1.54) is 0 Å². The zero-order valence-electron chi connectivity index (χ0n) is 14.7. The summed E-state index contributed by atoms with van der Waals surface area (Å²) in [6.07, 6.45) is 0. The van der Waals surface area contributed by atoms with Crippen LogP contribution in [0.2, 0.25) is 0 Å². The van der Waals surface area contributed by atoms with Crippen LogP contribution in [0.4, 0.5) is 17.5 Å². The number of nitrogens with one attached hydrogen (secondary N) is 1. The number of benzene rings is 1. The lowest BCUT2D eigenvalue weighted by molar-refractivity contribution is -0.117. The fraction of sp³-hybridized carbons (Fsp3) is 0.294. The van der Waals surface area contributed by atoms with Crippen LogP contribution in [-0.4, -0.2) is 35.6 Å². The van der Waals surface area contributed by atoms with Gasteiger partial charge in [0, 0.05) is 17.2 Å². The number of nitriles is 1. The molecule has 1 heterocycles. The van der Waals surface area contributed by atoms with Crippen molar-refractivity contribution in [2.24, 2.45) is 0 Å². The number of aromatic nitrogens is 2. The number of amides is 1. The molecule has 2 rings (SSSR count). The lowest BCUT2D eigenvalue weighted by Gasteiger charge is -2.26. The highest BCUT2D eigenvalue weighted by Gasteiger charge is 2.25. The second-order valence-electron chi connectivity index (χ2n) is 5.42. The van der Waals surface area contributed by atoms with Gasteiger partial charge in [-0.25, -0.2) is 0 Å². The Morgan fingerprint density at radius 3 is 2.85 bits per heavy atom. The third kappa shape index (κ3) is 4.40. The fourth-order valence-electron chi connectivity index (χ4n) is 2.21. The highest BCUT2D eigenvalue weighted by atomic mass is 79.9. The number of hydrogen-bond acceptors (Lipinski definition) is 7. The monoisotopic (exact) mass is 418 g/mol. The summed E-state index contributed by atoms with van der Waals surface area (Å²) in [5.74, 6) is 0.0443. The average molecular weight is 419 g/mol. The number of likely N-dealkylation sites (N-methyl/N-ethyl adjacent to an activating group) is 1. The molecule has 0 aliphatic rings. The highest BCUT2D eigenvalue weighted by molar-refractivity contribution is 9.10. The molecule has 0 saturated carbocycles. The zero-order chi connectivity index (χ0) is 19.3. The summed E-state index contributed by atoms with van der Waals surface area (Å²) in [4.78, 5) is 22.2. The van der Waals surface area contributed by atoms with Crippen molar-refractivity contribution in [1.29, 1.82) is 5.26 Å². The Bertz CT molecular complexity index is 852. The maximum absolute atomic E-state index is 12.6. The van der Waals surface area contributed by atoms with E-state index in [4.69, 9.17) is 10.5 Å². The van der Waals surface area contributed by atoms with Crippen LogP contribution in [0.1, 0.15) is 19.4 Å². The lowest BCUT2D eigenvalue weighted by atomic mass is 10.2. The van der Waals surface area contributed by atoms with Gasteiger partial charge in [-0.15, -0.1) is 0 Å². The van der Waals surface area contributed by atoms with E-state index >= 15 is 0 Å². The molecule has 8 nitrogen and oxygen atoms in total. The van der Waals surface area contributed by atoms with Gasteiger partial charge in [0.05, 0.1) is 6.61 Å². The minimum Gasteiger partial charge on any atom is -0.477 e. The number of nitrogen functional groups attached to an aromatic ring is 1. The van der Waals surface area contributed by atoms with Gasteiger partial charge in [-0.1, -0.05) is 22.0 Å². The van der Waals surface area contributed by atoms with Gasteiger partial charge >= 0.3 is 0 Å². The van der Waals surface area contributed by atoms with Crippen LogP contribution in [0.5, 0.6) is 5.88 Å². The number of hydrogen-bond donors (Lipinski definition) is 2. The van der Waals surface area contributed by atoms with Crippen molar-refractivity contribution in [3.05, 3.63) is 34.3 Å². The van der Waals surface area contributed by atoms with Gasteiger partial charge in [0.1, 0.15) is 12.1 Å². The summed E-state index contributed by atoms with van der Waals surface area (Å²) in [7, 11) is 1.66.